The zero-order valence-electron chi connectivity index (χ0n) is 13.6. The van der Waals surface area contributed by atoms with E-state index >= 15 is 0 Å². The molecule has 1 aliphatic heterocycles. The third-order valence-electron chi connectivity index (χ3n) is 4.85. The topological polar surface area (TPSA) is 75.4 Å². The molecule has 0 aromatic rings. The molecule has 0 bridgehead atoms. The van der Waals surface area contributed by atoms with Crippen LogP contribution in [0.3, 0.4) is 0 Å². The Hall–Kier alpha value is -0.810. The summed E-state index contributed by atoms with van der Waals surface area (Å²) in [5, 5.41) is 2.94. The normalized spacial score (nSPS) is 28.1. The second-order valence-corrected chi connectivity index (χ2v) is 6.53. The number of hydrogen-bond acceptors (Lipinski definition) is 3. The molecule has 0 aromatic carbocycles. The van der Waals surface area contributed by atoms with Crippen LogP contribution in [0, 0.1) is 11.8 Å². The second-order valence-electron chi connectivity index (χ2n) is 6.53. The zero-order chi connectivity index (χ0) is 15.2. The van der Waals surface area contributed by atoms with Crippen molar-refractivity contribution in [1.82, 2.24) is 10.2 Å². The Balaban J connectivity index is 0.00000242. The van der Waals surface area contributed by atoms with Gasteiger partial charge < -0.3 is 16.0 Å². The van der Waals surface area contributed by atoms with E-state index in [9.17, 15) is 9.59 Å². The number of halogens is 1. The van der Waals surface area contributed by atoms with Crippen LogP contribution in [0.25, 0.3) is 0 Å². The molecule has 6 heteroatoms. The second kappa shape index (κ2) is 9.36. The lowest BCUT2D eigenvalue weighted by atomic mass is 9.94. The van der Waals surface area contributed by atoms with Gasteiger partial charge >= 0.3 is 0 Å². The number of nitrogens with two attached hydrogens (primary N) is 1. The van der Waals surface area contributed by atoms with E-state index in [0.717, 1.165) is 51.6 Å². The van der Waals surface area contributed by atoms with Crippen molar-refractivity contribution >= 4 is 24.2 Å². The lowest BCUT2D eigenvalue weighted by Gasteiger charge is -2.33. The monoisotopic (exact) mass is 331 g/mol. The number of nitrogens with one attached hydrogen (secondary N) is 1. The van der Waals surface area contributed by atoms with Crippen molar-refractivity contribution in [2.24, 2.45) is 17.6 Å². The fourth-order valence-electron chi connectivity index (χ4n) is 3.48. The van der Waals surface area contributed by atoms with Gasteiger partial charge in [0.15, 0.2) is 0 Å². The molecule has 2 rings (SSSR count). The summed E-state index contributed by atoms with van der Waals surface area (Å²) in [4.78, 5) is 26.4. The molecule has 5 nitrogen and oxygen atoms in total. The van der Waals surface area contributed by atoms with E-state index in [4.69, 9.17) is 5.73 Å². The SMILES string of the molecule is CCCNC(=O)C1CCCN(C(=O)C[C@@H]2CCC[C@H]2N)C1.Cl. The average Bonchev–Trinajstić information content (AvgIpc) is 2.90. The Bertz CT molecular complexity index is 378. The van der Waals surface area contributed by atoms with Gasteiger partial charge in [0, 0.05) is 32.1 Å². The van der Waals surface area contributed by atoms with Crippen molar-refractivity contribution in [3.63, 3.8) is 0 Å². The molecule has 1 aliphatic carbocycles. The summed E-state index contributed by atoms with van der Waals surface area (Å²) >= 11 is 0. The molecular weight excluding hydrogens is 302 g/mol. The Morgan fingerprint density at radius 1 is 1.23 bits per heavy atom. The molecule has 22 heavy (non-hydrogen) atoms. The smallest absolute Gasteiger partial charge is 0.224 e. The number of hydrogen-bond donors (Lipinski definition) is 2. The average molecular weight is 332 g/mol. The van der Waals surface area contributed by atoms with Crippen LogP contribution >= 0.6 is 12.4 Å². The first-order valence-electron chi connectivity index (χ1n) is 8.43. The molecule has 1 saturated carbocycles. The largest absolute Gasteiger partial charge is 0.356 e. The number of rotatable bonds is 5. The maximum absolute atomic E-state index is 12.4. The lowest BCUT2D eigenvalue weighted by molar-refractivity contribution is -0.136. The quantitative estimate of drug-likeness (QED) is 0.805. The minimum absolute atomic E-state index is 0. The Morgan fingerprint density at radius 2 is 2.00 bits per heavy atom. The number of carbonyl (C=O) groups excluding carboxylic acids is 2. The van der Waals surface area contributed by atoms with E-state index in [1.165, 1.54) is 0 Å². The Morgan fingerprint density at radius 3 is 2.64 bits per heavy atom. The summed E-state index contributed by atoms with van der Waals surface area (Å²) in [5.74, 6) is 0.593. The van der Waals surface area contributed by atoms with Gasteiger partial charge in [-0.3, -0.25) is 9.59 Å². The lowest BCUT2D eigenvalue weighted by Crippen LogP contribution is -2.46. The fraction of sp³-hybridized carbons (Fsp3) is 0.875. The maximum atomic E-state index is 12.4. The van der Waals surface area contributed by atoms with E-state index in [-0.39, 0.29) is 36.2 Å². The minimum atomic E-state index is -0.0356. The highest BCUT2D eigenvalue weighted by Crippen LogP contribution is 2.28. The molecule has 2 amide bonds. The predicted molar refractivity (Wildman–Crippen MR) is 89.8 cm³/mol. The van der Waals surface area contributed by atoms with Gasteiger partial charge in [-0.15, -0.1) is 12.4 Å². The van der Waals surface area contributed by atoms with Crippen molar-refractivity contribution in [3.05, 3.63) is 0 Å². The van der Waals surface area contributed by atoms with Gasteiger partial charge in [0.2, 0.25) is 11.8 Å². The summed E-state index contributed by atoms with van der Waals surface area (Å²) in [7, 11) is 0. The standard InChI is InChI=1S/C16H29N3O2.ClH/c1-2-8-18-16(21)13-6-4-9-19(11-13)15(20)10-12-5-3-7-14(12)17;/h12-14H,2-11,17H2,1H3,(H,18,21);1H/t12-,13?,14+;/m0./s1. The molecule has 0 spiro atoms. The molecule has 1 saturated heterocycles. The zero-order valence-corrected chi connectivity index (χ0v) is 14.4. The summed E-state index contributed by atoms with van der Waals surface area (Å²) in [6.07, 6.45) is 6.57. The summed E-state index contributed by atoms with van der Waals surface area (Å²) < 4.78 is 0. The van der Waals surface area contributed by atoms with Gasteiger partial charge in [-0.2, -0.15) is 0 Å². The first-order valence-corrected chi connectivity index (χ1v) is 8.43. The minimum Gasteiger partial charge on any atom is -0.356 e. The van der Waals surface area contributed by atoms with Gasteiger partial charge in [-0.05, 0) is 38.0 Å². The number of piperidine rings is 1. The van der Waals surface area contributed by atoms with Crippen LogP contribution in [-0.2, 0) is 9.59 Å². The Labute approximate surface area is 139 Å². The van der Waals surface area contributed by atoms with Crippen molar-refractivity contribution in [2.45, 2.75) is 57.9 Å². The van der Waals surface area contributed by atoms with Crippen molar-refractivity contribution in [2.75, 3.05) is 19.6 Å². The molecule has 2 aliphatic rings. The number of likely N-dealkylation sites (tertiary alicyclic amines) is 1. The molecule has 0 aromatic heterocycles. The van der Waals surface area contributed by atoms with Crippen LogP contribution < -0.4 is 11.1 Å². The first kappa shape index (κ1) is 19.2. The molecular formula is C16H30ClN3O2. The number of amides is 2. The first-order chi connectivity index (χ1) is 10.1. The van der Waals surface area contributed by atoms with Gasteiger partial charge in [-0.25, -0.2) is 0 Å². The van der Waals surface area contributed by atoms with E-state index in [1.807, 2.05) is 11.8 Å². The highest BCUT2D eigenvalue weighted by molar-refractivity contribution is 5.85. The predicted octanol–water partition coefficient (Wildman–Crippen LogP) is 1.69. The Kier molecular flexibility index (Phi) is 8.18. The fourth-order valence-corrected chi connectivity index (χ4v) is 3.48. The van der Waals surface area contributed by atoms with Crippen LogP contribution in [0.4, 0.5) is 0 Å². The van der Waals surface area contributed by atoms with Crippen LogP contribution in [0.15, 0.2) is 0 Å². The molecule has 0 radical (unpaired) electrons. The van der Waals surface area contributed by atoms with Gasteiger partial charge in [-0.1, -0.05) is 13.3 Å². The molecule has 3 atom stereocenters. The molecule has 2 fully saturated rings. The maximum Gasteiger partial charge on any atom is 0.224 e. The molecule has 1 unspecified atom stereocenters. The number of carbonyl (C=O) groups is 2. The van der Waals surface area contributed by atoms with Gasteiger partial charge in [0.05, 0.1) is 5.92 Å². The summed E-state index contributed by atoms with van der Waals surface area (Å²) in [5.41, 5.74) is 6.05. The van der Waals surface area contributed by atoms with Crippen LogP contribution in [-0.4, -0.2) is 42.4 Å². The van der Waals surface area contributed by atoms with Crippen molar-refractivity contribution in [1.29, 1.82) is 0 Å². The number of nitrogens with zero attached hydrogens (tertiary/aromatic N) is 1. The van der Waals surface area contributed by atoms with Gasteiger partial charge in [0.1, 0.15) is 0 Å². The molecule has 3 N–H and O–H groups in total. The third-order valence-corrected chi connectivity index (χ3v) is 4.85. The highest BCUT2D eigenvalue weighted by Gasteiger charge is 2.31. The van der Waals surface area contributed by atoms with E-state index in [0.29, 0.717) is 18.9 Å². The van der Waals surface area contributed by atoms with Crippen LogP contribution in [0.2, 0.25) is 0 Å². The van der Waals surface area contributed by atoms with Crippen LogP contribution in [0.5, 0.6) is 0 Å². The van der Waals surface area contributed by atoms with E-state index in [1.54, 1.807) is 0 Å². The van der Waals surface area contributed by atoms with Crippen LogP contribution in [0.1, 0.15) is 51.9 Å². The molecule has 1 heterocycles. The molecule has 128 valence electrons. The van der Waals surface area contributed by atoms with E-state index in [2.05, 4.69) is 5.32 Å². The van der Waals surface area contributed by atoms with Crippen molar-refractivity contribution in [3.8, 4) is 0 Å². The highest BCUT2D eigenvalue weighted by atomic mass is 35.5. The van der Waals surface area contributed by atoms with E-state index < -0.39 is 0 Å². The van der Waals surface area contributed by atoms with Crippen molar-refractivity contribution < 1.29 is 9.59 Å². The summed E-state index contributed by atoms with van der Waals surface area (Å²) in [6.45, 7) is 4.14. The summed E-state index contributed by atoms with van der Waals surface area (Å²) in [6, 6.07) is 0.183. The third kappa shape index (κ3) is 5.13. The van der Waals surface area contributed by atoms with Gasteiger partial charge in [0.25, 0.3) is 0 Å².